The minimum atomic E-state index is -0.147. The van der Waals surface area contributed by atoms with Gasteiger partial charge in [-0.2, -0.15) is 0 Å². The molecule has 4 nitrogen and oxygen atoms in total. The first-order valence-electron chi connectivity index (χ1n) is 9.90. The Kier molecular flexibility index (Phi) is 5.83. The van der Waals surface area contributed by atoms with E-state index in [-0.39, 0.29) is 11.8 Å². The van der Waals surface area contributed by atoms with Gasteiger partial charge >= 0.3 is 0 Å². The van der Waals surface area contributed by atoms with Gasteiger partial charge in [0.2, 0.25) is 0 Å². The highest BCUT2D eigenvalue weighted by Gasteiger charge is 2.28. The van der Waals surface area contributed by atoms with Crippen LogP contribution < -0.4 is 5.32 Å². The van der Waals surface area contributed by atoms with E-state index in [1.165, 1.54) is 29.1 Å². The Morgan fingerprint density at radius 2 is 1.72 bits per heavy atom. The Balaban J connectivity index is 1.74. The van der Waals surface area contributed by atoms with Crippen LogP contribution >= 0.6 is 22.7 Å². The molecule has 0 unspecified atom stereocenters. The predicted molar refractivity (Wildman–Crippen MR) is 121 cm³/mol. The summed E-state index contributed by atoms with van der Waals surface area (Å²) >= 11 is 2.91. The average Bonchev–Trinajstić information content (AvgIpc) is 3.32. The van der Waals surface area contributed by atoms with Crippen molar-refractivity contribution in [1.29, 1.82) is 0 Å². The second-order valence-electron chi connectivity index (χ2n) is 7.37. The van der Waals surface area contributed by atoms with Gasteiger partial charge < -0.3 is 10.2 Å². The number of aryl methyl sites for hydroxylation is 1. The number of anilines is 1. The van der Waals surface area contributed by atoms with Crippen molar-refractivity contribution >= 4 is 39.5 Å². The summed E-state index contributed by atoms with van der Waals surface area (Å²) in [5.74, 6) is -0.120. The van der Waals surface area contributed by atoms with Crippen LogP contribution in [0.5, 0.6) is 0 Å². The van der Waals surface area contributed by atoms with Crippen LogP contribution in [-0.2, 0) is 0 Å². The van der Waals surface area contributed by atoms with Gasteiger partial charge in [-0.15, -0.1) is 22.7 Å². The molecule has 0 saturated carbocycles. The van der Waals surface area contributed by atoms with Crippen molar-refractivity contribution in [2.75, 3.05) is 18.4 Å². The molecular weight excluding hydrogens is 400 g/mol. The number of rotatable bonds is 4. The summed E-state index contributed by atoms with van der Waals surface area (Å²) < 4.78 is 0. The molecule has 2 amide bonds. The number of nitrogens with zero attached hydrogens (tertiary/aromatic N) is 1. The number of benzene rings is 1. The Labute approximate surface area is 179 Å². The molecule has 1 N–H and O–H groups in total. The Morgan fingerprint density at radius 3 is 2.38 bits per heavy atom. The van der Waals surface area contributed by atoms with Crippen molar-refractivity contribution in [3.63, 3.8) is 0 Å². The molecule has 0 atom stereocenters. The van der Waals surface area contributed by atoms with E-state index >= 15 is 0 Å². The molecule has 1 aliphatic heterocycles. The predicted octanol–water partition coefficient (Wildman–Crippen LogP) is 5.97. The van der Waals surface area contributed by atoms with Crippen LogP contribution in [0, 0.1) is 13.8 Å². The van der Waals surface area contributed by atoms with E-state index in [2.05, 4.69) is 5.32 Å². The second kappa shape index (κ2) is 8.51. The molecular formula is C23H24N2O2S2. The van der Waals surface area contributed by atoms with Gasteiger partial charge in [0.25, 0.3) is 11.8 Å². The largest absolute Gasteiger partial charge is 0.339 e. The quantitative estimate of drug-likeness (QED) is 0.561. The number of amides is 2. The van der Waals surface area contributed by atoms with Crippen molar-refractivity contribution in [1.82, 2.24) is 4.90 Å². The van der Waals surface area contributed by atoms with Crippen LogP contribution in [0.1, 0.15) is 50.4 Å². The Morgan fingerprint density at radius 1 is 1.00 bits per heavy atom. The molecule has 0 radical (unpaired) electrons. The molecule has 0 spiro atoms. The summed E-state index contributed by atoms with van der Waals surface area (Å²) in [6.07, 6.45) is 3.25. The van der Waals surface area contributed by atoms with Crippen molar-refractivity contribution < 1.29 is 9.59 Å². The lowest BCUT2D eigenvalue weighted by Gasteiger charge is -2.27. The number of thiophene rings is 2. The topological polar surface area (TPSA) is 49.4 Å². The van der Waals surface area contributed by atoms with Crippen LogP contribution in [0.15, 0.2) is 41.8 Å². The van der Waals surface area contributed by atoms with Gasteiger partial charge in [-0.3, -0.25) is 9.59 Å². The fourth-order valence-corrected chi connectivity index (χ4v) is 5.76. The smallest absolute Gasteiger partial charge is 0.266 e. The van der Waals surface area contributed by atoms with Gasteiger partial charge in [0.1, 0.15) is 5.00 Å². The maximum Gasteiger partial charge on any atom is 0.266 e. The highest BCUT2D eigenvalue weighted by molar-refractivity contribution is 7.20. The first-order chi connectivity index (χ1) is 14.1. The summed E-state index contributed by atoms with van der Waals surface area (Å²) in [6, 6.07) is 12.0. The molecule has 1 aromatic carbocycles. The summed E-state index contributed by atoms with van der Waals surface area (Å²) in [4.78, 5) is 29.9. The fourth-order valence-electron chi connectivity index (χ4n) is 3.74. The number of hydrogen-bond acceptors (Lipinski definition) is 4. The zero-order chi connectivity index (χ0) is 20.4. The van der Waals surface area contributed by atoms with E-state index in [9.17, 15) is 9.59 Å². The summed E-state index contributed by atoms with van der Waals surface area (Å²) in [5, 5.41) is 5.61. The Bertz CT molecular complexity index is 1030. The molecule has 1 aliphatic rings. The van der Waals surface area contributed by atoms with Crippen LogP contribution in [-0.4, -0.2) is 29.8 Å². The van der Waals surface area contributed by atoms with E-state index in [1.54, 1.807) is 0 Å². The number of piperidine rings is 1. The standard InChI is InChI=1S/C23H24N2O2S2/c1-15-11-14-28-19(15)21(26)24-22-18(23(27)25-12-7-4-8-13-25)16(2)20(29-22)17-9-5-3-6-10-17/h3,5-6,9-11,14H,4,7-8,12-13H2,1-2H3,(H,24,26). The monoisotopic (exact) mass is 424 g/mol. The molecule has 3 heterocycles. The normalized spacial score (nSPS) is 14.1. The molecule has 2 aromatic heterocycles. The third-order valence-corrected chi connectivity index (χ3v) is 7.61. The van der Waals surface area contributed by atoms with Crippen molar-refractivity contribution in [2.24, 2.45) is 0 Å². The van der Waals surface area contributed by atoms with Crippen LogP contribution in [0.25, 0.3) is 10.4 Å². The maximum atomic E-state index is 13.4. The van der Waals surface area contributed by atoms with E-state index in [1.807, 2.05) is 60.5 Å². The molecule has 3 aromatic rings. The van der Waals surface area contributed by atoms with Crippen LogP contribution in [0.4, 0.5) is 5.00 Å². The van der Waals surface area contributed by atoms with Gasteiger partial charge in [-0.05, 0) is 61.2 Å². The van der Waals surface area contributed by atoms with Crippen molar-refractivity contribution in [3.8, 4) is 10.4 Å². The lowest BCUT2D eigenvalue weighted by atomic mass is 10.0. The van der Waals surface area contributed by atoms with Crippen molar-refractivity contribution in [3.05, 3.63) is 63.3 Å². The van der Waals surface area contributed by atoms with E-state index < -0.39 is 0 Å². The second-order valence-corrected chi connectivity index (χ2v) is 9.30. The molecule has 1 fully saturated rings. The SMILES string of the molecule is Cc1ccsc1C(=O)Nc1sc(-c2ccccc2)c(C)c1C(=O)N1CCCCC1. The summed E-state index contributed by atoms with van der Waals surface area (Å²) in [7, 11) is 0. The first kappa shape index (κ1) is 19.9. The third kappa shape index (κ3) is 4.00. The summed E-state index contributed by atoms with van der Waals surface area (Å²) in [5.41, 5.74) is 3.59. The average molecular weight is 425 g/mol. The number of hydrogen-bond donors (Lipinski definition) is 1. The zero-order valence-electron chi connectivity index (χ0n) is 16.7. The first-order valence-corrected chi connectivity index (χ1v) is 11.6. The Hall–Kier alpha value is -2.44. The van der Waals surface area contributed by atoms with Gasteiger partial charge in [0, 0.05) is 18.0 Å². The highest BCUT2D eigenvalue weighted by Crippen LogP contribution is 2.41. The number of carbonyl (C=O) groups is 2. The lowest BCUT2D eigenvalue weighted by Crippen LogP contribution is -2.36. The molecule has 4 rings (SSSR count). The summed E-state index contributed by atoms with van der Waals surface area (Å²) in [6.45, 7) is 5.49. The number of likely N-dealkylation sites (tertiary alicyclic amines) is 1. The lowest BCUT2D eigenvalue weighted by molar-refractivity contribution is 0.0725. The van der Waals surface area contributed by atoms with Crippen LogP contribution in [0.3, 0.4) is 0 Å². The minimum absolute atomic E-state index is 0.0267. The van der Waals surface area contributed by atoms with Gasteiger partial charge in [0.15, 0.2) is 0 Å². The van der Waals surface area contributed by atoms with E-state index in [0.717, 1.165) is 47.5 Å². The molecule has 29 heavy (non-hydrogen) atoms. The fraction of sp³-hybridized carbons (Fsp3) is 0.304. The molecule has 0 aliphatic carbocycles. The zero-order valence-corrected chi connectivity index (χ0v) is 18.3. The van der Waals surface area contributed by atoms with E-state index in [0.29, 0.717) is 15.4 Å². The highest BCUT2D eigenvalue weighted by atomic mass is 32.1. The van der Waals surface area contributed by atoms with Crippen molar-refractivity contribution in [2.45, 2.75) is 33.1 Å². The van der Waals surface area contributed by atoms with Gasteiger partial charge in [-0.1, -0.05) is 30.3 Å². The minimum Gasteiger partial charge on any atom is -0.339 e. The van der Waals surface area contributed by atoms with Gasteiger partial charge in [0.05, 0.1) is 10.4 Å². The number of nitrogens with one attached hydrogen (secondary N) is 1. The molecule has 150 valence electrons. The third-order valence-electron chi connectivity index (χ3n) is 5.34. The number of carbonyl (C=O) groups excluding carboxylic acids is 2. The molecule has 1 saturated heterocycles. The van der Waals surface area contributed by atoms with Crippen LogP contribution in [0.2, 0.25) is 0 Å². The molecule has 0 bridgehead atoms. The van der Waals surface area contributed by atoms with E-state index in [4.69, 9.17) is 0 Å². The molecule has 6 heteroatoms. The maximum absolute atomic E-state index is 13.4. The van der Waals surface area contributed by atoms with Gasteiger partial charge in [-0.25, -0.2) is 0 Å².